The number of hydrogen-bond donors (Lipinski definition) is 3. The molecule has 0 unspecified atom stereocenters. The molecule has 0 aromatic heterocycles. The van der Waals surface area contributed by atoms with Crippen LogP contribution < -0.4 is 20.1 Å². The molecular weight excluding hydrogens is 394 g/mol. The fourth-order valence-electron chi connectivity index (χ4n) is 2.54. The zero-order valence-electron chi connectivity index (χ0n) is 16.8. The number of carbonyl (C=O) groups is 2. The highest BCUT2D eigenvalue weighted by atomic mass is 32.2. The van der Waals surface area contributed by atoms with Crippen LogP contribution >= 0.6 is 0 Å². The van der Waals surface area contributed by atoms with Gasteiger partial charge in [-0.1, -0.05) is 19.1 Å². The van der Waals surface area contributed by atoms with Crippen LogP contribution in [0.2, 0.25) is 0 Å². The molecule has 29 heavy (non-hydrogen) atoms. The summed E-state index contributed by atoms with van der Waals surface area (Å²) in [6.45, 7) is 3.80. The maximum Gasteiger partial charge on any atom is 0.261 e. The van der Waals surface area contributed by atoms with E-state index in [2.05, 4.69) is 15.4 Å². The van der Waals surface area contributed by atoms with Gasteiger partial charge in [0.05, 0.1) is 28.8 Å². The largest absolute Gasteiger partial charge is 0.496 e. The van der Waals surface area contributed by atoms with Gasteiger partial charge < -0.3 is 15.4 Å². The zero-order valence-corrected chi connectivity index (χ0v) is 17.6. The van der Waals surface area contributed by atoms with Crippen molar-refractivity contribution in [3.8, 4) is 5.75 Å². The van der Waals surface area contributed by atoms with Crippen molar-refractivity contribution in [1.29, 1.82) is 0 Å². The summed E-state index contributed by atoms with van der Waals surface area (Å²) in [5.74, 6) is -0.609. The maximum atomic E-state index is 12.9. The van der Waals surface area contributed by atoms with Crippen LogP contribution in [0.4, 0.5) is 5.69 Å². The SMILES string of the molecule is CC[C@@H](C)NC(=O)c1ccccc1NS(=O)(=O)c1ccc(OC)c(C(=O)NC)c1. The molecule has 8 nitrogen and oxygen atoms in total. The number of hydrogen-bond acceptors (Lipinski definition) is 5. The summed E-state index contributed by atoms with van der Waals surface area (Å²) in [6.07, 6.45) is 0.744. The molecule has 2 aromatic rings. The third-order valence-corrected chi connectivity index (χ3v) is 5.72. The Bertz CT molecular complexity index is 1000. The van der Waals surface area contributed by atoms with Crippen LogP contribution in [0.3, 0.4) is 0 Å². The number of anilines is 1. The Hall–Kier alpha value is -3.07. The number of rotatable bonds is 8. The maximum absolute atomic E-state index is 12.9. The molecule has 3 N–H and O–H groups in total. The second-order valence-electron chi connectivity index (χ2n) is 6.38. The number of nitrogens with one attached hydrogen (secondary N) is 3. The van der Waals surface area contributed by atoms with Crippen molar-refractivity contribution in [3.05, 3.63) is 53.6 Å². The first-order valence-electron chi connectivity index (χ1n) is 9.06. The average Bonchev–Trinajstić information content (AvgIpc) is 2.72. The first kappa shape index (κ1) is 22.2. The van der Waals surface area contributed by atoms with Gasteiger partial charge in [0.1, 0.15) is 5.75 Å². The van der Waals surface area contributed by atoms with E-state index in [9.17, 15) is 18.0 Å². The zero-order chi connectivity index (χ0) is 21.6. The van der Waals surface area contributed by atoms with Crippen molar-refractivity contribution in [1.82, 2.24) is 10.6 Å². The summed E-state index contributed by atoms with van der Waals surface area (Å²) >= 11 is 0. The molecule has 1 atom stereocenters. The summed E-state index contributed by atoms with van der Waals surface area (Å²) in [5, 5.41) is 5.26. The van der Waals surface area contributed by atoms with Gasteiger partial charge in [0.25, 0.3) is 21.8 Å². The Balaban J connectivity index is 2.40. The van der Waals surface area contributed by atoms with Crippen LogP contribution in [0.5, 0.6) is 5.75 Å². The minimum atomic E-state index is -4.06. The lowest BCUT2D eigenvalue weighted by Crippen LogP contribution is -2.32. The Morgan fingerprint density at radius 3 is 2.38 bits per heavy atom. The second-order valence-corrected chi connectivity index (χ2v) is 8.06. The highest BCUT2D eigenvalue weighted by Gasteiger charge is 2.22. The molecule has 0 aliphatic rings. The van der Waals surface area contributed by atoms with E-state index in [1.54, 1.807) is 18.2 Å². The molecule has 2 aromatic carbocycles. The number of benzene rings is 2. The van der Waals surface area contributed by atoms with E-state index in [4.69, 9.17) is 4.74 Å². The Kier molecular flexibility index (Phi) is 7.22. The summed E-state index contributed by atoms with van der Waals surface area (Å²) in [6, 6.07) is 10.2. The quantitative estimate of drug-likeness (QED) is 0.608. The van der Waals surface area contributed by atoms with Crippen LogP contribution in [0.1, 0.15) is 41.0 Å². The summed E-state index contributed by atoms with van der Waals surface area (Å²) < 4.78 is 33.4. The molecule has 0 saturated heterocycles. The van der Waals surface area contributed by atoms with E-state index in [1.807, 2.05) is 13.8 Å². The van der Waals surface area contributed by atoms with Crippen LogP contribution in [0.25, 0.3) is 0 Å². The number of methoxy groups -OCH3 is 1. The van der Waals surface area contributed by atoms with Gasteiger partial charge in [-0.25, -0.2) is 8.42 Å². The van der Waals surface area contributed by atoms with Crippen molar-refractivity contribution < 1.29 is 22.7 Å². The van der Waals surface area contributed by atoms with Gasteiger partial charge in [-0.05, 0) is 43.7 Å². The normalized spacial score (nSPS) is 12.0. The average molecular weight is 420 g/mol. The van der Waals surface area contributed by atoms with Gasteiger partial charge in [-0.3, -0.25) is 14.3 Å². The van der Waals surface area contributed by atoms with Crippen LogP contribution in [0, 0.1) is 0 Å². The first-order valence-corrected chi connectivity index (χ1v) is 10.5. The van der Waals surface area contributed by atoms with Gasteiger partial charge in [-0.2, -0.15) is 0 Å². The molecular formula is C20H25N3O5S. The van der Waals surface area contributed by atoms with E-state index in [1.165, 1.54) is 38.4 Å². The predicted octanol–water partition coefficient (Wildman–Crippen LogP) is 2.38. The Labute approximate surface area is 170 Å². The minimum Gasteiger partial charge on any atom is -0.496 e. The molecule has 0 aliphatic heterocycles. The van der Waals surface area contributed by atoms with Gasteiger partial charge in [0.15, 0.2) is 0 Å². The highest BCUT2D eigenvalue weighted by Crippen LogP contribution is 2.25. The number of carbonyl (C=O) groups excluding carboxylic acids is 2. The van der Waals surface area contributed by atoms with Crippen molar-refractivity contribution >= 4 is 27.5 Å². The minimum absolute atomic E-state index is 0.0520. The monoisotopic (exact) mass is 419 g/mol. The Morgan fingerprint density at radius 1 is 1.07 bits per heavy atom. The highest BCUT2D eigenvalue weighted by molar-refractivity contribution is 7.92. The van der Waals surface area contributed by atoms with Crippen LogP contribution in [-0.4, -0.2) is 40.4 Å². The summed E-state index contributed by atoms with van der Waals surface area (Å²) in [5.41, 5.74) is 0.433. The number of para-hydroxylation sites is 1. The van der Waals surface area contributed by atoms with Gasteiger partial charge in [0, 0.05) is 13.1 Å². The van der Waals surface area contributed by atoms with E-state index >= 15 is 0 Å². The summed E-state index contributed by atoms with van der Waals surface area (Å²) in [7, 11) is -1.23. The van der Waals surface area contributed by atoms with Crippen LogP contribution in [0.15, 0.2) is 47.4 Å². The van der Waals surface area contributed by atoms with E-state index in [0.717, 1.165) is 6.42 Å². The lowest BCUT2D eigenvalue weighted by molar-refractivity contribution is 0.0937. The molecule has 2 rings (SSSR count). The second kappa shape index (κ2) is 9.42. The van der Waals surface area contributed by atoms with Crippen molar-refractivity contribution in [3.63, 3.8) is 0 Å². The fraction of sp³-hybridized carbons (Fsp3) is 0.300. The van der Waals surface area contributed by atoms with E-state index in [0.29, 0.717) is 0 Å². The van der Waals surface area contributed by atoms with Crippen molar-refractivity contribution in [2.45, 2.75) is 31.2 Å². The molecule has 0 bridgehead atoms. The number of sulfonamides is 1. The molecule has 156 valence electrons. The van der Waals surface area contributed by atoms with E-state index < -0.39 is 15.9 Å². The standard InChI is InChI=1S/C20H25N3O5S/c1-5-13(2)22-20(25)15-8-6-7-9-17(15)23-29(26,27)14-10-11-18(28-4)16(12-14)19(24)21-3/h6-13,23H,5H2,1-4H3,(H,21,24)(H,22,25)/t13-/m1/s1. The van der Waals surface area contributed by atoms with Crippen molar-refractivity contribution in [2.75, 3.05) is 18.9 Å². The number of amides is 2. The summed E-state index contributed by atoms with van der Waals surface area (Å²) in [4.78, 5) is 24.4. The lowest BCUT2D eigenvalue weighted by Gasteiger charge is -2.16. The third kappa shape index (κ3) is 5.26. The molecule has 0 saturated carbocycles. The molecule has 0 spiro atoms. The lowest BCUT2D eigenvalue weighted by atomic mass is 10.1. The van der Waals surface area contributed by atoms with Gasteiger partial charge in [0.2, 0.25) is 0 Å². The molecule has 0 aliphatic carbocycles. The molecule has 9 heteroatoms. The number of ether oxygens (including phenoxy) is 1. The molecule has 0 fully saturated rings. The van der Waals surface area contributed by atoms with Crippen molar-refractivity contribution in [2.24, 2.45) is 0 Å². The van der Waals surface area contributed by atoms with Gasteiger partial charge in [-0.15, -0.1) is 0 Å². The molecule has 0 radical (unpaired) electrons. The third-order valence-electron chi connectivity index (χ3n) is 4.36. The first-order chi connectivity index (χ1) is 13.7. The topological polar surface area (TPSA) is 114 Å². The Morgan fingerprint density at radius 2 is 1.76 bits per heavy atom. The van der Waals surface area contributed by atoms with E-state index in [-0.39, 0.29) is 39.4 Å². The predicted molar refractivity (Wildman–Crippen MR) is 111 cm³/mol. The smallest absolute Gasteiger partial charge is 0.261 e. The molecule has 0 heterocycles. The fourth-order valence-corrected chi connectivity index (χ4v) is 3.65. The molecule has 2 amide bonds. The van der Waals surface area contributed by atoms with Crippen LogP contribution in [-0.2, 0) is 10.0 Å². The van der Waals surface area contributed by atoms with Gasteiger partial charge >= 0.3 is 0 Å².